The molecule has 1 N–H and O–H groups in total. The molecule has 1 unspecified atom stereocenters. The van der Waals surface area contributed by atoms with Crippen LogP contribution >= 0.6 is 0 Å². The SMILES string of the molecule is CC(=O)NC1C(=O)N(CCCOc2ccc(C(C)(C)C)cc2)c2ccccc21. The Morgan fingerprint density at radius 1 is 1.11 bits per heavy atom. The molecule has 1 aliphatic rings. The summed E-state index contributed by atoms with van der Waals surface area (Å²) in [5.74, 6) is 0.528. The normalized spacial score (nSPS) is 16.1. The Balaban J connectivity index is 1.57. The van der Waals surface area contributed by atoms with Gasteiger partial charge in [0.05, 0.1) is 6.61 Å². The van der Waals surface area contributed by atoms with Crippen LogP contribution in [-0.4, -0.2) is 25.0 Å². The van der Waals surface area contributed by atoms with Crippen molar-refractivity contribution in [1.82, 2.24) is 5.32 Å². The zero-order chi connectivity index (χ0) is 20.3. The van der Waals surface area contributed by atoms with Crippen LogP contribution in [0, 0.1) is 0 Å². The summed E-state index contributed by atoms with van der Waals surface area (Å²) in [6.07, 6.45) is 0.702. The van der Waals surface area contributed by atoms with Crippen molar-refractivity contribution in [2.45, 2.75) is 45.6 Å². The third kappa shape index (κ3) is 4.35. The summed E-state index contributed by atoms with van der Waals surface area (Å²) >= 11 is 0. The molecule has 5 heteroatoms. The average molecular weight is 380 g/mol. The number of benzene rings is 2. The van der Waals surface area contributed by atoms with Crippen molar-refractivity contribution in [3.05, 3.63) is 59.7 Å². The van der Waals surface area contributed by atoms with Crippen LogP contribution in [0.4, 0.5) is 5.69 Å². The molecule has 148 valence electrons. The number of para-hydroxylation sites is 1. The predicted molar refractivity (Wildman–Crippen MR) is 111 cm³/mol. The van der Waals surface area contributed by atoms with Crippen LogP contribution < -0.4 is 15.0 Å². The molecule has 28 heavy (non-hydrogen) atoms. The van der Waals surface area contributed by atoms with Crippen LogP contribution in [0.3, 0.4) is 0 Å². The molecule has 1 aliphatic heterocycles. The number of nitrogens with one attached hydrogen (secondary N) is 1. The van der Waals surface area contributed by atoms with E-state index in [1.165, 1.54) is 12.5 Å². The molecule has 0 fully saturated rings. The van der Waals surface area contributed by atoms with E-state index in [0.717, 1.165) is 17.0 Å². The molecule has 1 heterocycles. The van der Waals surface area contributed by atoms with Crippen LogP contribution in [0.15, 0.2) is 48.5 Å². The van der Waals surface area contributed by atoms with Crippen molar-refractivity contribution >= 4 is 17.5 Å². The number of hydrogen-bond acceptors (Lipinski definition) is 3. The average Bonchev–Trinajstić information content (AvgIpc) is 2.90. The highest BCUT2D eigenvalue weighted by Crippen LogP contribution is 2.35. The van der Waals surface area contributed by atoms with E-state index in [1.807, 2.05) is 36.4 Å². The zero-order valence-corrected chi connectivity index (χ0v) is 17.0. The van der Waals surface area contributed by atoms with Gasteiger partial charge in [0, 0.05) is 24.7 Å². The van der Waals surface area contributed by atoms with Gasteiger partial charge in [0.1, 0.15) is 11.8 Å². The standard InChI is InChI=1S/C23H28N2O3/c1-16(26)24-21-19-8-5-6-9-20(19)25(22(21)27)14-7-15-28-18-12-10-17(11-13-18)23(2,3)4/h5-6,8-13,21H,7,14-15H2,1-4H3,(H,24,26). The first kappa shape index (κ1) is 19.9. The lowest BCUT2D eigenvalue weighted by molar-refractivity contribution is -0.126. The fourth-order valence-corrected chi connectivity index (χ4v) is 3.42. The van der Waals surface area contributed by atoms with E-state index < -0.39 is 6.04 Å². The third-order valence-electron chi connectivity index (χ3n) is 4.91. The van der Waals surface area contributed by atoms with E-state index in [9.17, 15) is 9.59 Å². The molecular weight excluding hydrogens is 352 g/mol. The highest BCUT2D eigenvalue weighted by molar-refractivity contribution is 6.06. The molecule has 0 radical (unpaired) electrons. The van der Waals surface area contributed by atoms with Crippen LogP contribution in [0.1, 0.15) is 51.3 Å². The van der Waals surface area contributed by atoms with Crippen molar-refractivity contribution in [2.75, 3.05) is 18.1 Å². The Labute approximate surface area is 166 Å². The van der Waals surface area contributed by atoms with Crippen LogP contribution in [0.2, 0.25) is 0 Å². The van der Waals surface area contributed by atoms with Crippen molar-refractivity contribution in [2.24, 2.45) is 0 Å². The summed E-state index contributed by atoms with van der Waals surface area (Å²) in [5.41, 5.74) is 3.09. The van der Waals surface area contributed by atoms with Crippen molar-refractivity contribution < 1.29 is 14.3 Å². The number of rotatable bonds is 6. The molecular formula is C23H28N2O3. The minimum atomic E-state index is -0.598. The highest BCUT2D eigenvalue weighted by Gasteiger charge is 2.37. The van der Waals surface area contributed by atoms with E-state index in [1.54, 1.807) is 4.90 Å². The van der Waals surface area contributed by atoms with Crippen LogP contribution in [-0.2, 0) is 15.0 Å². The summed E-state index contributed by atoms with van der Waals surface area (Å²) in [6, 6.07) is 15.2. The lowest BCUT2D eigenvalue weighted by Gasteiger charge is -2.20. The first-order chi connectivity index (χ1) is 13.3. The number of fused-ring (bicyclic) bond motifs is 1. The lowest BCUT2D eigenvalue weighted by Crippen LogP contribution is -2.37. The summed E-state index contributed by atoms with van der Waals surface area (Å²) in [7, 11) is 0. The molecule has 2 aromatic rings. The van der Waals surface area contributed by atoms with Crippen LogP contribution in [0.25, 0.3) is 0 Å². The zero-order valence-electron chi connectivity index (χ0n) is 17.0. The number of carbonyl (C=O) groups excluding carboxylic acids is 2. The van der Waals surface area contributed by atoms with Gasteiger partial charge in [-0.2, -0.15) is 0 Å². The van der Waals surface area contributed by atoms with Gasteiger partial charge in [0.15, 0.2) is 0 Å². The van der Waals surface area contributed by atoms with Gasteiger partial charge in [-0.15, -0.1) is 0 Å². The molecule has 5 nitrogen and oxygen atoms in total. The van der Waals surface area contributed by atoms with Gasteiger partial charge in [-0.3, -0.25) is 9.59 Å². The fraction of sp³-hybridized carbons (Fsp3) is 0.391. The Morgan fingerprint density at radius 3 is 2.43 bits per heavy atom. The van der Waals surface area contributed by atoms with E-state index in [2.05, 4.69) is 38.2 Å². The molecule has 0 spiro atoms. The Morgan fingerprint density at radius 2 is 1.79 bits per heavy atom. The quantitative estimate of drug-likeness (QED) is 0.771. The molecule has 2 aromatic carbocycles. The van der Waals surface area contributed by atoms with Gasteiger partial charge in [0.2, 0.25) is 5.91 Å². The first-order valence-corrected chi connectivity index (χ1v) is 9.68. The van der Waals surface area contributed by atoms with E-state index in [-0.39, 0.29) is 17.2 Å². The number of carbonyl (C=O) groups is 2. The fourth-order valence-electron chi connectivity index (χ4n) is 3.42. The van der Waals surface area contributed by atoms with Crippen molar-refractivity contribution in [3.63, 3.8) is 0 Å². The number of anilines is 1. The Kier molecular flexibility index (Phi) is 5.73. The van der Waals surface area contributed by atoms with Gasteiger partial charge < -0.3 is 15.0 Å². The second kappa shape index (κ2) is 8.05. The second-order valence-electron chi connectivity index (χ2n) is 8.16. The van der Waals surface area contributed by atoms with E-state index >= 15 is 0 Å². The van der Waals surface area contributed by atoms with Crippen molar-refractivity contribution in [1.29, 1.82) is 0 Å². The smallest absolute Gasteiger partial charge is 0.254 e. The molecule has 0 aliphatic carbocycles. The lowest BCUT2D eigenvalue weighted by atomic mass is 9.87. The minimum Gasteiger partial charge on any atom is -0.494 e. The number of hydrogen-bond donors (Lipinski definition) is 1. The van der Waals surface area contributed by atoms with Gasteiger partial charge in [-0.25, -0.2) is 0 Å². The predicted octanol–water partition coefficient (Wildman–Crippen LogP) is 3.98. The van der Waals surface area contributed by atoms with Crippen molar-refractivity contribution in [3.8, 4) is 5.75 Å². The summed E-state index contributed by atoms with van der Waals surface area (Å²) in [4.78, 5) is 26.0. The molecule has 0 saturated carbocycles. The highest BCUT2D eigenvalue weighted by atomic mass is 16.5. The number of amides is 2. The maximum absolute atomic E-state index is 12.8. The first-order valence-electron chi connectivity index (χ1n) is 9.68. The topological polar surface area (TPSA) is 58.6 Å². The molecule has 0 saturated heterocycles. The van der Waals surface area contributed by atoms with Gasteiger partial charge >= 0.3 is 0 Å². The summed E-state index contributed by atoms with van der Waals surface area (Å²) < 4.78 is 5.84. The Bertz CT molecular complexity index is 853. The molecule has 0 aromatic heterocycles. The Hall–Kier alpha value is -2.82. The third-order valence-corrected chi connectivity index (χ3v) is 4.91. The van der Waals surface area contributed by atoms with Gasteiger partial charge in [-0.1, -0.05) is 51.1 Å². The monoisotopic (exact) mass is 380 g/mol. The van der Waals surface area contributed by atoms with E-state index in [0.29, 0.717) is 19.6 Å². The molecule has 2 amide bonds. The molecule has 1 atom stereocenters. The molecule has 3 rings (SSSR count). The number of ether oxygens (including phenoxy) is 1. The largest absolute Gasteiger partial charge is 0.494 e. The minimum absolute atomic E-state index is 0.0917. The second-order valence-corrected chi connectivity index (χ2v) is 8.16. The summed E-state index contributed by atoms with van der Waals surface area (Å²) in [5, 5.41) is 2.75. The van der Waals surface area contributed by atoms with Gasteiger partial charge in [0.25, 0.3) is 5.91 Å². The summed E-state index contributed by atoms with van der Waals surface area (Å²) in [6.45, 7) is 9.04. The van der Waals surface area contributed by atoms with Gasteiger partial charge in [-0.05, 0) is 35.6 Å². The maximum Gasteiger partial charge on any atom is 0.254 e. The van der Waals surface area contributed by atoms with E-state index in [4.69, 9.17) is 4.74 Å². The molecule has 0 bridgehead atoms. The van der Waals surface area contributed by atoms with Crippen LogP contribution in [0.5, 0.6) is 5.75 Å². The number of nitrogens with zero attached hydrogens (tertiary/aromatic N) is 1. The maximum atomic E-state index is 12.8.